The Bertz CT molecular complexity index is 644. The lowest BCUT2D eigenvalue weighted by atomic mass is 10.1. The molecule has 1 saturated heterocycles. The highest BCUT2D eigenvalue weighted by Crippen LogP contribution is 2.26. The van der Waals surface area contributed by atoms with E-state index in [-0.39, 0.29) is 11.7 Å². The van der Waals surface area contributed by atoms with Gasteiger partial charge in [-0.15, -0.1) is 16.4 Å². The normalized spacial score (nSPS) is 16.3. The van der Waals surface area contributed by atoms with E-state index in [4.69, 9.17) is 5.11 Å². The maximum Gasteiger partial charge on any atom is 0.358 e. The first-order valence-electron chi connectivity index (χ1n) is 6.33. The van der Waals surface area contributed by atoms with Gasteiger partial charge < -0.3 is 5.11 Å². The van der Waals surface area contributed by atoms with Crippen LogP contribution in [0.15, 0.2) is 6.20 Å². The van der Waals surface area contributed by atoms with E-state index >= 15 is 0 Å². The molecule has 1 fully saturated rings. The van der Waals surface area contributed by atoms with Crippen LogP contribution in [0.1, 0.15) is 32.1 Å². The summed E-state index contributed by atoms with van der Waals surface area (Å²) in [5, 5.41) is 17.4. The molecule has 0 aromatic carbocycles. The lowest BCUT2D eigenvalue weighted by Gasteiger charge is -2.38. The highest BCUT2D eigenvalue weighted by molar-refractivity contribution is 7.11. The molecular formula is C12H15N5O2S. The summed E-state index contributed by atoms with van der Waals surface area (Å²) in [7, 11) is 0. The molecule has 1 aliphatic heterocycles. The Morgan fingerprint density at radius 3 is 2.80 bits per heavy atom. The number of rotatable bonds is 4. The number of nitrogens with zero attached hydrogens (tertiary/aromatic N) is 5. The average Bonchev–Trinajstić information content (AvgIpc) is 2.90. The van der Waals surface area contributed by atoms with Crippen LogP contribution in [0.3, 0.4) is 0 Å². The molecule has 2 aromatic rings. The van der Waals surface area contributed by atoms with Crippen molar-refractivity contribution in [2.45, 2.75) is 26.4 Å². The minimum atomic E-state index is -1.04. The van der Waals surface area contributed by atoms with Gasteiger partial charge >= 0.3 is 5.97 Å². The van der Waals surface area contributed by atoms with E-state index in [2.05, 4.69) is 20.2 Å². The van der Waals surface area contributed by atoms with Crippen LogP contribution < -0.4 is 0 Å². The average molecular weight is 293 g/mol. The van der Waals surface area contributed by atoms with Gasteiger partial charge in [-0.3, -0.25) is 4.90 Å². The van der Waals surface area contributed by atoms with Gasteiger partial charge in [0.2, 0.25) is 0 Å². The minimum absolute atomic E-state index is 0.00243. The van der Waals surface area contributed by atoms with E-state index in [1.54, 1.807) is 16.0 Å². The van der Waals surface area contributed by atoms with Gasteiger partial charge in [-0.25, -0.2) is 14.5 Å². The molecule has 3 heterocycles. The molecule has 0 amide bonds. The van der Waals surface area contributed by atoms with Crippen LogP contribution in [0.2, 0.25) is 0 Å². The maximum absolute atomic E-state index is 10.8. The number of aryl methyl sites for hydroxylation is 2. The fourth-order valence-corrected chi connectivity index (χ4v) is 3.30. The fourth-order valence-electron chi connectivity index (χ4n) is 2.32. The molecule has 1 N–H and O–H groups in total. The number of carboxylic acid groups (broad SMARTS) is 1. The number of aromatic carboxylic acids is 1. The van der Waals surface area contributed by atoms with Crippen LogP contribution in [-0.4, -0.2) is 49.0 Å². The van der Waals surface area contributed by atoms with E-state index in [1.165, 1.54) is 11.1 Å². The fraction of sp³-hybridized carbons (Fsp3) is 0.500. The first-order valence-corrected chi connectivity index (χ1v) is 7.15. The first kappa shape index (κ1) is 13.2. The second kappa shape index (κ2) is 4.95. The predicted molar refractivity (Wildman–Crippen MR) is 72.9 cm³/mol. The number of carboxylic acids is 1. The molecule has 0 saturated carbocycles. The molecule has 1 aliphatic rings. The van der Waals surface area contributed by atoms with Crippen LogP contribution in [0.25, 0.3) is 0 Å². The summed E-state index contributed by atoms with van der Waals surface area (Å²) >= 11 is 1.73. The SMILES string of the molecule is Cc1nc(C)c(CN2CC(n3cc(C(=O)O)nn3)C2)s1. The molecule has 106 valence electrons. The maximum atomic E-state index is 10.8. The van der Waals surface area contributed by atoms with Crippen molar-refractivity contribution in [3.63, 3.8) is 0 Å². The molecule has 3 rings (SSSR count). The molecule has 0 atom stereocenters. The van der Waals surface area contributed by atoms with Crippen molar-refractivity contribution < 1.29 is 9.90 Å². The summed E-state index contributed by atoms with van der Waals surface area (Å²) in [6.45, 7) is 6.67. The molecule has 0 spiro atoms. The predicted octanol–water partition coefficient (Wildman–Crippen LogP) is 1.11. The summed E-state index contributed by atoms with van der Waals surface area (Å²) in [5.41, 5.74) is 1.10. The molecule has 0 bridgehead atoms. The van der Waals surface area contributed by atoms with E-state index in [1.807, 2.05) is 13.8 Å². The van der Waals surface area contributed by atoms with Crippen molar-refractivity contribution in [2.75, 3.05) is 13.1 Å². The molecule has 8 heteroatoms. The third kappa shape index (κ3) is 2.44. The van der Waals surface area contributed by atoms with E-state index < -0.39 is 5.97 Å². The number of likely N-dealkylation sites (tertiary alicyclic amines) is 1. The molecule has 2 aromatic heterocycles. The lowest BCUT2D eigenvalue weighted by Crippen LogP contribution is -2.47. The van der Waals surface area contributed by atoms with E-state index in [0.29, 0.717) is 0 Å². The van der Waals surface area contributed by atoms with Crippen molar-refractivity contribution in [1.82, 2.24) is 24.9 Å². The van der Waals surface area contributed by atoms with Gasteiger partial charge in [-0.2, -0.15) is 0 Å². The van der Waals surface area contributed by atoms with Crippen LogP contribution in [0.5, 0.6) is 0 Å². The summed E-state index contributed by atoms with van der Waals surface area (Å²) < 4.78 is 1.64. The zero-order valence-electron chi connectivity index (χ0n) is 11.3. The third-order valence-corrected chi connectivity index (χ3v) is 4.47. The Morgan fingerprint density at radius 2 is 2.25 bits per heavy atom. The van der Waals surface area contributed by atoms with Gasteiger partial charge in [0, 0.05) is 24.5 Å². The second-order valence-electron chi connectivity index (χ2n) is 4.98. The molecule has 20 heavy (non-hydrogen) atoms. The Balaban J connectivity index is 1.58. The Morgan fingerprint density at radius 1 is 1.50 bits per heavy atom. The number of aromatic nitrogens is 4. The van der Waals surface area contributed by atoms with Crippen LogP contribution in [0, 0.1) is 13.8 Å². The highest BCUT2D eigenvalue weighted by Gasteiger charge is 2.30. The standard InChI is InChI=1S/C12H15N5O2S/c1-7-11(20-8(2)13-7)6-16-3-9(4-16)17-5-10(12(18)19)14-15-17/h5,9H,3-4,6H2,1-2H3,(H,18,19). The van der Waals surface area contributed by atoms with Gasteiger partial charge in [0.15, 0.2) is 5.69 Å². The van der Waals surface area contributed by atoms with E-state index in [0.717, 1.165) is 30.3 Å². The number of hydrogen-bond donors (Lipinski definition) is 1. The monoisotopic (exact) mass is 293 g/mol. The van der Waals surface area contributed by atoms with Crippen molar-refractivity contribution in [3.05, 3.63) is 27.5 Å². The summed E-state index contributed by atoms with van der Waals surface area (Å²) in [5.74, 6) is -1.04. The van der Waals surface area contributed by atoms with Gasteiger partial charge in [0.1, 0.15) is 0 Å². The summed E-state index contributed by atoms with van der Waals surface area (Å²) in [6, 6.07) is 0.213. The minimum Gasteiger partial charge on any atom is -0.476 e. The quantitative estimate of drug-likeness (QED) is 0.909. The van der Waals surface area contributed by atoms with E-state index in [9.17, 15) is 4.79 Å². The zero-order chi connectivity index (χ0) is 14.3. The number of thiazole rings is 1. The van der Waals surface area contributed by atoms with Gasteiger partial charge in [-0.05, 0) is 13.8 Å². The zero-order valence-corrected chi connectivity index (χ0v) is 12.1. The summed E-state index contributed by atoms with van der Waals surface area (Å²) in [4.78, 5) is 18.8. The Hall–Kier alpha value is -1.80. The molecule has 0 radical (unpaired) electrons. The third-order valence-electron chi connectivity index (χ3n) is 3.41. The van der Waals surface area contributed by atoms with Crippen molar-refractivity contribution in [2.24, 2.45) is 0 Å². The van der Waals surface area contributed by atoms with Gasteiger partial charge in [0.25, 0.3) is 0 Å². The van der Waals surface area contributed by atoms with Crippen molar-refractivity contribution in [3.8, 4) is 0 Å². The lowest BCUT2D eigenvalue weighted by molar-refractivity contribution is 0.0690. The van der Waals surface area contributed by atoms with Crippen LogP contribution in [0.4, 0.5) is 0 Å². The topological polar surface area (TPSA) is 84.1 Å². The molecular weight excluding hydrogens is 278 g/mol. The van der Waals surface area contributed by atoms with Crippen molar-refractivity contribution in [1.29, 1.82) is 0 Å². The summed E-state index contributed by atoms with van der Waals surface area (Å²) in [6.07, 6.45) is 1.49. The first-order chi connectivity index (χ1) is 9.52. The second-order valence-corrected chi connectivity index (χ2v) is 6.27. The number of hydrogen-bond acceptors (Lipinski definition) is 6. The largest absolute Gasteiger partial charge is 0.476 e. The molecule has 0 unspecified atom stereocenters. The molecule has 0 aliphatic carbocycles. The van der Waals surface area contributed by atoms with Gasteiger partial charge in [-0.1, -0.05) is 5.21 Å². The Labute approximate surface area is 119 Å². The van der Waals surface area contributed by atoms with Crippen molar-refractivity contribution >= 4 is 17.3 Å². The van der Waals surface area contributed by atoms with Crippen LogP contribution >= 0.6 is 11.3 Å². The Kier molecular flexibility index (Phi) is 3.27. The van der Waals surface area contributed by atoms with Gasteiger partial charge in [0.05, 0.1) is 22.9 Å². The van der Waals surface area contributed by atoms with Crippen LogP contribution in [-0.2, 0) is 6.54 Å². The smallest absolute Gasteiger partial charge is 0.358 e. The molecule has 7 nitrogen and oxygen atoms in total. The highest BCUT2D eigenvalue weighted by atomic mass is 32.1. The number of carbonyl (C=O) groups is 1.